The lowest BCUT2D eigenvalue weighted by Gasteiger charge is -2.20. The highest BCUT2D eigenvalue weighted by molar-refractivity contribution is 7.80. The number of rotatable bonds is 13. The summed E-state index contributed by atoms with van der Waals surface area (Å²) in [6, 6.07) is 0.491. The maximum absolute atomic E-state index is 5.57. The van der Waals surface area contributed by atoms with Crippen molar-refractivity contribution < 1.29 is 4.74 Å². The third-order valence-electron chi connectivity index (χ3n) is 3.66. The SMILES string of the molecule is CCCCCCCCCC(CCC)NC(=S)OCC(C)C. The van der Waals surface area contributed by atoms with Crippen LogP contribution < -0.4 is 5.32 Å². The predicted octanol–water partition coefficient (Wildman–Crippen LogP) is 5.84. The van der Waals surface area contributed by atoms with Crippen LogP contribution >= 0.6 is 12.2 Å². The molecule has 1 unspecified atom stereocenters. The first kappa shape index (κ1) is 20.7. The van der Waals surface area contributed by atoms with Gasteiger partial charge in [-0.05, 0) is 31.0 Å². The molecule has 0 bridgehead atoms. The van der Waals surface area contributed by atoms with Crippen molar-refractivity contribution in [2.24, 2.45) is 5.92 Å². The molecule has 0 aliphatic rings. The normalized spacial score (nSPS) is 12.4. The minimum absolute atomic E-state index is 0.491. The minimum Gasteiger partial charge on any atom is -0.471 e. The molecule has 0 radical (unpaired) electrons. The van der Waals surface area contributed by atoms with Gasteiger partial charge in [0.1, 0.15) is 0 Å². The second-order valence-corrected chi connectivity index (χ2v) is 6.90. The van der Waals surface area contributed by atoms with Gasteiger partial charge in [0.25, 0.3) is 5.17 Å². The Labute approximate surface area is 138 Å². The van der Waals surface area contributed by atoms with Gasteiger partial charge in [-0.1, -0.05) is 79.1 Å². The summed E-state index contributed by atoms with van der Waals surface area (Å²) in [6.45, 7) is 9.50. The minimum atomic E-state index is 0.491. The topological polar surface area (TPSA) is 21.3 Å². The van der Waals surface area contributed by atoms with Crippen LogP contribution in [0.15, 0.2) is 0 Å². The van der Waals surface area contributed by atoms with Gasteiger partial charge in [-0.3, -0.25) is 0 Å². The fourth-order valence-corrected chi connectivity index (χ4v) is 2.67. The van der Waals surface area contributed by atoms with Crippen molar-refractivity contribution in [1.82, 2.24) is 5.32 Å². The van der Waals surface area contributed by atoms with E-state index in [1.165, 1.54) is 64.2 Å². The molecule has 0 aromatic heterocycles. The zero-order valence-corrected chi connectivity index (χ0v) is 15.6. The van der Waals surface area contributed by atoms with Gasteiger partial charge in [0.05, 0.1) is 6.61 Å². The zero-order valence-electron chi connectivity index (χ0n) is 14.7. The highest BCUT2D eigenvalue weighted by atomic mass is 32.1. The number of ether oxygens (including phenoxy) is 1. The fourth-order valence-electron chi connectivity index (χ4n) is 2.44. The van der Waals surface area contributed by atoms with E-state index in [0.717, 1.165) is 0 Å². The lowest BCUT2D eigenvalue weighted by molar-refractivity contribution is 0.248. The molecule has 0 amide bonds. The van der Waals surface area contributed by atoms with Gasteiger partial charge in [0.2, 0.25) is 0 Å². The molecule has 0 aromatic rings. The zero-order chi connectivity index (χ0) is 15.9. The number of hydrogen-bond donors (Lipinski definition) is 1. The van der Waals surface area contributed by atoms with Crippen LogP contribution in [-0.2, 0) is 4.74 Å². The first-order chi connectivity index (χ1) is 10.1. The molecule has 3 heteroatoms. The summed E-state index contributed by atoms with van der Waals surface area (Å²) in [5, 5.41) is 3.98. The molecule has 126 valence electrons. The molecule has 0 aromatic carbocycles. The number of hydrogen-bond acceptors (Lipinski definition) is 2. The van der Waals surface area contributed by atoms with Gasteiger partial charge >= 0.3 is 0 Å². The van der Waals surface area contributed by atoms with Gasteiger partial charge in [-0.15, -0.1) is 0 Å². The van der Waals surface area contributed by atoms with Gasteiger partial charge in [-0.25, -0.2) is 0 Å². The van der Waals surface area contributed by atoms with E-state index in [4.69, 9.17) is 17.0 Å². The molecule has 0 spiro atoms. The maximum Gasteiger partial charge on any atom is 0.256 e. The summed E-state index contributed by atoms with van der Waals surface area (Å²) in [6.07, 6.45) is 13.2. The molecule has 0 aliphatic heterocycles. The smallest absolute Gasteiger partial charge is 0.256 e. The monoisotopic (exact) mass is 315 g/mol. The molecule has 0 rings (SSSR count). The second kappa shape index (κ2) is 14.6. The molecule has 0 heterocycles. The maximum atomic E-state index is 5.57. The van der Waals surface area contributed by atoms with Crippen molar-refractivity contribution in [3.05, 3.63) is 0 Å². The van der Waals surface area contributed by atoms with Crippen molar-refractivity contribution in [3.63, 3.8) is 0 Å². The van der Waals surface area contributed by atoms with Crippen LogP contribution in [0, 0.1) is 5.92 Å². The summed E-state index contributed by atoms with van der Waals surface area (Å²) >= 11 is 5.28. The molecule has 0 saturated carbocycles. The Bertz CT molecular complexity index is 243. The van der Waals surface area contributed by atoms with E-state index in [-0.39, 0.29) is 0 Å². The Morgan fingerprint density at radius 1 is 0.905 bits per heavy atom. The summed E-state index contributed by atoms with van der Waals surface area (Å²) in [5.41, 5.74) is 0. The Hall–Kier alpha value is -0.310. The summed E-state index contributed by atoms with van der Waals surface area (Å²) in [5.74, 6) is 0.525. The van der Waals surface area contributed by atoms with E-state index in [2.05, 4.69) is 33.0 Å². The van der Waals surface area contributed by atoms with Gasteiger partial charge in [0.15, 0.2) is 0 Å². The first-order valence-electron chi connectivity index (χ1n) is 9.03. The summed E-state index contributed by atoms with van der Waals surface area (Å²) in [4.78, 5) is 0. The molecule has 21 heavy (non-hydrogen) atoms. The Morgan fingerprint density at radius 3 is 2.10 bits per heavy atom. The van der Waals surface area contributed by atoms with Crippen LogP contribution in [0.3, 0.4) is 0 Å². The van der Waals surface area contributed by atoms with Crippen molar-refractivity contribution in [1.29, 1.82) is 0 Å². The van der Waals surface area contributed by atoms with Crippen LogP contribution in [0.5, 0.6) is 0 Å². The average molecular weight is 316 g/mol. The van der Waals surface area contributed by atoms with E-state index in [9.17, 15) is 0 Å². The molecular formula is C18H37NOS. The molecule has 1 N–H and O–H groups in total. The second-order valence-electron chi connectivity index (χ2n) is 6.53. The van der Waals surface area contributed by atoms with Gasteiger partial charge in [-0.2, -0.15) is 0 Å². The Kier molecular flexibility index (Phi) is 14.4. The fraction of sp³-hybridized carbons (Fsp3) is 0.944. The number of nitrogens with one attached hydrogen (secondary N) is 1. The lowest BCUT2D eigenvalue weighted by atomic mass is 10.0. The summed E-state index contributed by atoms with van der Waals surface area (Å²) in [7, 11) is 0. The third kappa shape index (κ3) is 14.4. The van der Waals surface area contributed by atoms with Gasteiger partial charge < -0.3 is 10.1 Å². The average Bonchev–Trinajstić information content (AvgIpc) is 2.44. The van der Waals surface area contributed by atoms with E-state index in [1.807, 2.05) is 0 Å². The quantitative estimate of drug-likeness (QED) is 0.340. The van der Waals surface area contributed by atoms with Crippen LogP contribution in [0.1, 0.15) is 91.9 Å². The molecule has 0 aliphatic carbocycles. The first-order valence-corrected chi connectivity index (χ1v) is 9.44. The van der Waals surface area contributed by atoms with Crippen LogP contribution in [0.4, 0.5) is 0 Å². The van der Waals surface area contributed by atoms with Crippen molar-refractivity contribution in [2.75, 3.05) is 6.61 Å². The van der Waals surface area contributed by atoms with Crippen molar-refractivity contribution >= 4 is 17.4 Å². The van der Waals surface area contributed by atoms with E-state index >= 15 is 0 Å². The molecule has 1 atom stereocenters. The van der Waals surface area contributed by atoms with Crippen LogP contribution in [-0.4, -0.2) is 17.8 Å². The van der Waals surface area contributed by atoms with E-state index in [0.29, 0.717) is 23.7 Å². The Balaban J connectivity index is 3.73. The highest BCUT2D eigenvalue weighted by Gasteiger charge is 2.10. The largest absolute Gasteiger partial charge is 0.471 e. The standard InChI is InChI=1S/C18H37NOS/c1-5-7-8-9-10-11-12-14-17(13-6-2)19-18(21)20-15-16(3)4/h16-17H,5-15H2,1-4H3,(H,19,21). The van der Waals surface area contributed by atoms with Crippen LogP contribution in [0.25, 0.3) is 0 Å². The lowest BCUT2D eigenvalue weighted by Crippen LogP contribution is -2.35. The van der Waals surface area contributed by atoms with E-state index < -0.39 is 0 Å². The molecule has 0 fully saturated rings. The highest BCUT2D eigenvalue weighted by Crippen LogP contribution is 2.12. The van der Waals surface area contributed by atoms with Gasteiger partial charge in [0, 0.05) is 6.04 Å². The van der Waals surface area contributed by atoms with Crippen molar-refractivity contribution in [2.45, 2.75) is 97.9 Å². The molecular weight excluding hydrogens is 278 g/mol. The number of thiocarbonyl (C=S) groups is 1. The van der Waals surface area contributed by atoms with Crippen LogP contribution in [0.2, 0.25) is 0 Å². The molecule has 0 saturated heterocycles. The third-order valence-corrected chi connectivity index (χ3v) is 3.90. The Morgan fingerprint density at radius 2 is 1.52 bits per heavy atom. The van der Waals surface area contributed by atoms with E-state index in [1.54, 1.807) is 0 Å². The predicted molar refractivity (Wildman–Crippen MR) is 97.8 cm³/mol. The van der Waals surface area contributed by atoms with Crippen molar-refractivity contribution in [3.8, 4) is 0 Å². The molecule has 2 nitrogen and oxygen atoms in total. The summed E-state index contributed by atoms with van der Waals surface area (Å²) < 4.78 is 5.57. The number of unbranched alkanes of at least 4 members (excludes halogenated alkanes) is 6.